The van der Waals surface area contributed by atoms with Crippen LogP contribution in [0.3, 0.4) is 0 Å². The van der Waals surface area contributed by atoms with E-state index in [1.54, 1.807) is 0 Å². The highest BCUT2D eigenvalue weighted by atomic mass is 16.3. The average Bonchev–Trinajstić information content (AvgIpc) is 3.89. The number of fused-ring (bicyclic) bond motifs is 9. The topological polar surface area (TPSA) is 29.5 Å². The molecular formula is C56H37NO2. The number of allylic oxidation sites excluding steroid dienone is 4. The maximum absolute atomic E-state index is 6.91. The van der Waals surface area contributed by atoms with Gasteiger partial charge in [-0.15, -0.1) is 0 Å². The average molecular weight is 756 g/mol. The molecule has 1 unspecified atom stereocenters. The molecule has 0 aliphatic heterocycles. The van der Waals surface area contributed by atoms with Crippen LogP contribution in [0.2, 0.25) is 0 Å². The van der Waals surface area contributed by atoms with Crippen molar-refractivity contribution in [3.8, 4) is 11.1 Å². The molecule has 2 aromatic heterocycles. The van der Waals surface area contributed by atoms with E-state index >= 15 is 0 Å². The van der Waals surface area contributed by atoms with E-state index < -0.39 is 0 Å². The summed E-state index contributed by atoms with van der Waals surface area (Å²) in [5.41, 5.74) is 12.6. The molecule has 3 heteroatoms. The Morgan fingerprint density at radius 3 is 2.05 bits per heavy atom. The number of nitrogens with zero attached hydrogens (tertiary/aromatic N) is 1. The van der Waals surface area contributed by atoms with Gasteiger partial charge in [-0.25, -0.2) is 0 Å². The van der Waals surface area contributed by atoms with Gasteiger partial charge in [-0.3, -0.25) is 0 Å². The third-order valence-corrected chi connectivity index (χ3v) is 12.2. The fourth-order valence-corrected chi connectivity index (χ4v) is 9.33. The highest BCUT2D eigenvalue weighted by Crippen LogP contribution is 2.48. The van der Waals surface area contributed by atoms with Crippen LogP contribution in [-0.4, -0.2) is 0 Å². The molecule has 2 heterocycles. The maximum atomic E-state index is 6.91. The molecule has 12 rings (SSSR count). The summed E-state index contributed by atoms with van der Waals surface area (Å²) in [6.45, 7) is 0. The van der Waals surface area contributed by atoms with Gasteiger partial charge in [0.05, 0.1) is 16.8 Å². The van der Waals surface area contributed by atoms with Crippen LogP contribution in [0.1, 0.15) is 23.5 Å². The van der Waals surface area contributed by atoms with E-state index in [2.05, 4.69) is 205 Å². The third kappa shape index (κ3) is 5.50. The Morgan fingerprint density at radius 2 is 1.14 bits per heavy atom. The van der Waals surface area contributed by atoms with E-state index in [1.807, 2.05) is 6.07 Å². The lowest BCUT2D eigenvalue weighted by atomic mass is 9.87. The van der Waals surface area contributed by atoms with E-state index in [1.165, 1.54) is 32.9 Å². The van der Waals surface area contributed by atoms with E-state index in [-0.39, 0.29) is 5.92 Å². The lowest BCUT2D eigenvalue weighted by Crippen LogP contribution is -2.12. The lowest BCUT2D eigenvalue weighted by molar-refractivity contribution is 0.669. The fraction of sp³-hybridized carbons (Fsp3) is 0.0357. The van der Waals surface area contributed by atoms with Crippen LogP contribution in [0, 0.1) is 0 Å². The second-order valence-electron chi connectivity index (χ2n) is 15.6. The molecule has 0 saturated carbocycles. The standard InChI is InChI=1S/C56H37NO2/c1-2-14-39-35-42(27-26-36(39)12-1)41-16-9-15-40(34-41)37-28-31-43(32-29-37)57(51-23-11-25-53-54(51)49-19-6-8-24-52(49)58-53)50-22-7-5-18-45(50)46-20-10-21-47-48-33-30-38-13-3-4-17-44(38)55(48)59-56(46)47/h1-14,16-35,40H,15H2. The molecule has 0 radical (unpaired) electrons. The molecule has 0 spiro atoms. The molecule has 0 bridgehead atoms. The zero-order valence-electron chi connectivity index (χ0n) is 32.2. The third-order valence-electron chi connectivity index (χ3n) is 12.2. The highest BCUT2D eigenvalue weighted by molar-refractivity contribution is 6.18. The fourth-order valence-electron chi connectivity index (χ4n) is 9.33. The zero-order valence-corrected chi connectivity index (χ0v) is 32.2. The summed E-state index contributed by atoms with van der Waals surface area (Å²) >= 11 is 0. The molecule has 59 heavy (non-hydrogen) atoms. The minimum atomic E-state index is 0.263. The first-order valence-corrected chi connectivity index (χ1v) is 20.4. The van der Waals surface area contributed by atoms with Crippen molar-refractivity contribution < 1.29 is 8.83 Å². The summed E-state index contributed by atoms with van der Waals surface area (Å²) in [4.78, 5) is 2.40. The number of furan rings is 2. The first-order chi connectivity index (χ1) is 29.2. The largest absolute Gasteiger partial charge is 0.456 e. The molecule has 0 N–H and O–H groups in total. The van der Waals surface area contributed by atoms with Crippen LogP contribution in [0.15, 0.2) is 215 Å². The number of anilines is 3. The normalized spacial score (nSPS) is 14.2. The molecule has 278 valence electrons. The van der Waals surface area contributed by atoms with Crippen molar-refractivity contribution in [3.63, 3.8) is 0 Å². The second kappa shape index (κ2) is 13.5. The number of para-hydroxylation sites is 3. The quantitative estimate of drug-likeness (QED) is 0.169. The number of benzene rings is 9. The van der Waals surface area contributed by atoms with Crippen molar-refractivity contribution in [2.75, 3.05) is 4.90 Å². The monoisotopic (exact) mass is 755 g/mol. The molecule has 1 aliphatic carbocycles. The van der Waals surface area contributed by atoms with Crippen molar-refractivity contribution in [1.82, 2.24) is 0 Å². The van der Waals surface area contributed by atoms with Crippen LogP contribution >= 0.6 is 0 Å². The van der Waals surface area contributed by atoms with Crippen molar-refractivity contribution in [1.29, 1.82) is 0 Å². The smallest absolute Gasteiger partial charge is 0.143 e. The van der Waals surface area contributed by atoms with Crippen molar-refractivity contribution in [2.45, 2.75) is 12.3 Å². The van der Waals surface area contributed by atoms with E-state index in [0.717, 1.165) is 83.9 Å². The molecule has 11 aromatic rings. The van der Waals surface area contributed by atoms with E-state index in [0.29, 0.717) is 0 Å². The Bertz CT molecular complexity index is 3490. The zero-order chi connectivity index (χ0) is 38.9. The summed E-state index contributed by atoms with van der Waals surface area (Å²) in [5, 5.41) is 9.20. The number of hydrogen-bond donors (Lipinski definition) is 0. The Hall–Kier alpha value is -7.62. The molecule has 9 aromatic carbocycles. The van der Waals surface area contributed by atoms with Gasteiger partial charge in [0, 0.05) is 44.3 Å². The lowest BCUT2D eigenvalue weighted by Gasteiger charge is -2.29. The van der Waals surface area contributed by atoms with E-state index in [4.69, 9.17) is 8.83 Å². The van der Waals surface area contributed by atoms with Gasteiger partial charge in [0.1, 0.15) is 22.3 Å². The SMILES string of the molecule is C1=CC(c2ccc3ccccc3c2)=CC(c2ccc(N(c3ccccc3-c3cccc4c3oc3c5ccccc5ccc43)c3cccc4oc5ccccc5c34)cc2)C1. The van der Waals surface area contributed by atoms with Crippen LogP contribution in [-0.2, 0) is 0 Å². The van der Waals surface area contributed by atoms with Crippen molar-refractivity contribution >= 4 is 88.1 Å². The Morgan fingerprint density at radius 1 is 0.458 bits per heavy atom. The van der Waals surface area contributed by atoms with Crippen molar-refractivity contribution in [3.05, 3.63) is 217 Å². The molecule has 3 nitrogen and oxygen atoms in total. The van der Waals surface area contributed by atoms with Gasteiger partial charge in [0.15, 0.2) is 0 Å². The predicted octanol–water partition coefficient (Wildman–Crippen LogP) is 16.1. The van der Waals surface area contributed by atoms with E-state index in [9.17, 15) is 0 Å². The molecule has 1 atom stereocenters. The highest BCUT2D eigenvalue weighted by Gasteiger charge is 2.24. The molecule has 0 amide bonds. The van der Waals surface area contributed by atoms with Gasteiger partial charge in [0.25, 0.3) is 0 Å². The van der Waals surface area contributed by atoms with Crippen molar-refractivity contribution in [2.24, 2.45) is 0 Å². The van der Waals surface area contributed by atoms with Gasteiger partial charge in [-0.2, -0.15) is 0 Å². The van der Waals surface area contributed by atoms with Crippen LogP contribution in [0.5, 0.6) is 0 Å². The summed E-state index contributed by atoms with van der Waals surface area (Å²) < 4.78 is 13.4. The first-order valence-electron chi connectivity index (χ1n) is 20.4. The van der Waals surface area contributed by atoms with Gasteiger partial charge >= 0.3 is 0 Å². The van der Waals surface area contributed by atoms with Crippen LogP contribution in [0.25, 0.3) is 82.1 Å². The second-order valence-corrected chi connectivity index (χ2v) is 15.6. The minimum absolute atomic E-state index is 0.263. The molecule has 1 aliphatic rings. The summed E-state index contributed by atoms with van der Waals surface area (Å²) in [5.74, 6) is 0.263. The Kier molecular flexibility index (Phi) is 7.67. The minimum Gasteiger partial charge on any atom is -0.456 e. The maximum Gasteiger partial charge on any atom is 0.143 e. The summed E-state index contributed by atoms with van der Waals surface area (Å²) in [7, 11) is 0. The Balaban J connectivity index is 1.02. The first kappa shape index (κ1) is 33.5. The summed E-state index contributed by atoms with van der Waals surface area (Å²) in [6, 6.07) is 67.3. The predicted molar refractivity (Wildman–Crippen MR) is 247 cm³/mol. The number of hydrogen-bond acceptors (Lipinski definition) is 3. The van der Waals surface area contributed by atoms with Gasteiger partial charge in [-0.05, 0) is 87.8 Å². The molecular weight excluding hydrogens is 719 g/mol. The molecule has 0 saturated heterocycles. The Labute approximate surface area is 341 Å². The summed E-state index contributed by atoms with van der Waals surface area (Å²) in [6.07, 6.45) is 7.98. The van der Waals surface area contributed by atoms with Crippen LogP contribution in [0.4, 0.5) is 17.1 Å². The van der Waals surface area contributed by atoms with Gasteiger partial charge in [0.2, 0.25) is 0 Å². The molecule has 0 fully saturated rings. The van der Waals surface area contributed by atoms with Crippen LogP contribution < -0.4 is 4.90 Å². The van der Waals surface area contributed by atoms with Gasteiger partial charge < -0.3 is 13.7 Å². The van der Waals surface area contributed by atoms with Gasteiger partial charge in [-0.1, -0.05) is 158 Å². The number of rotatable bonds is 6.